The van der Waals surface area contributed by atoms with Crippen molar-refractivity contribution in [3.63, 3.8) is 0 Å². The number of hydrogen-bond donors (Lipinski definition) is 1. The van der Waals surface area contributed by atoms with Crippen molar-refractivity contribution in [2.24, 2.45) is 4.99 Å². The van der Waals surface area contributed by atoms with Gasteiger partial charge in [0.2, 0.25) is 0 Å². The Kier molecular flexibility index (Phi) is 4.64. The summed E-state index contributed by atoms with van der Waals surface area (Å²) < 4.78 is 13.7. The summed E-state index contributed by atoms with van der Waals surface area (Å²) in [6.45, 7) is 1.16. The smallest absolute Gasteiger partial charge is 0.275 e. The number of amides is 1. The zero-order valence-electron chi connectivity index (χ0n) is 16.3. The first-order valence-corrected chi connectivity index (χ1v) is 9.96. The van der Waals surface area contributed by atoms with Crippen molar-refractivity contribution in [1.29, 1.82) is 0 Å². The highest BCUT2D eigenvalue weighted by Crippen LogP contribution is 2.42. The van der Waals surface area contributed by atoms with E-state index in [1.807, 2.05) is 60.7 Å². The summed E-state index contributed by atoms with van der Waals surface area (Å²) >= 11 is 0. The van der Waals surface area contributed by atoms with Crippen LogP contribution in [0.3, 0.4) is 0 Å². The molecule has 0 spiro atoms. The molecule has 30 heavy (non-hydrogen) atoms. The van der Waals surface area contributed by atoms with Gasteiger partial charge in [-0.25, -0.2) is 4.39 Å². The van der Waals surface area contributed by atoms with Crippen molar-refractivity contribution >= 4 is 17.3 Å². The fraction of sp³-hybridized carbons (Fsp3) is 0.120. The molecule has 5 rings (SSSR count). The average Bonchev–Trinajstić information content (AvgIpc) is 2.93. The molecule has 0 fully saturated rings. The fourth-order valence-corrected chi connectivity index (χ4v) is 4.13. The third kappa shape index (κ3) is 3.08. The van der Waals surface area contributed by atoms with E-state index in [0.717, 1.165) is 28.1 Å². The van der Waals surface area contributed by atoms with Crippen LogP contribution in [0.2, 0.25) is 0 Å². The van der Waals surface area contributed by atoms with Crippen LogP contribution in [0.15, 0.2) is 101 Å². The molecule has 0 aromatic heterocycles. The lowest BCUT2D eigenvalue weighted by Crippen LogP contribution is -2.33. The lowest BCUT2D eigenvalue weighted by atomic mass is 9.91. The van der Waals surface area contributed by atoms with Gasteiger partial charge in [-0.2, -0.15) is 0 Å². The standard InChI is InChI=1S/C25H20FN3O/c26-19-13-11-18(12-14-19)24-21-22(17-7-3-1-4-8-17)27-15-16-28-23(21)25(30)29(24)20-9-5-2-6-10-20/h1-14,24,28H,15-16H2/t24-/m0/s1. The van der Waals surface area contributed by atoms with Gasteiger partial charge in [0.15, 0.2) is 0 Å². The van der Waals surface area contributed by atoms with E-state index < -0.39 is 6.04 Å². The lowest BCUT2D eigenvalue weighted by Gasteiger charge is -2.28. The van der Waals surface area contributed by atoms with Gasteiger partial charge >= 0.3 is 0 Å². The maximum absolute atomic E-state index is 13.7. The molecule has 3 aromatic rings. The van der Waals surface area contributed by atoms with Crippen molar-refractivity contribution in [3.8, 4) is 0 Å². The fourth-order valence-electron chi connectivity index (χ4n) is 4.13. The second-order valence-corrected chi connectivity index (χ2v) is 7.28. The van der Waals surface area contributed by atoms with Crippen LogP contribution >= 0.6 is 0 Å². The molecular weight excluding hydrogens is 377 g/mol. The minimum Gasteiger partial charge on any atom is -0.378 e. The molecule has 2 aliphatic heterocycles. The van der Waals surface area contributed by atoms with Crippen molar-refractivity contribution < 1.29 is 9.18 Å². The molecule has 4 nitrogen and oxygen atoms in total. The first-order valence-electron chi connectivity index (χ1n) is 9.96. The van der Waals surface area contributed by atoms with Crippen LogP contribution in [0.5, 0.6) is 0 Å². The SMILES string of the molecule is O=C1C2=C(C(c3ccccc3)=NCCN2)[C@H](c2ccc(F)cc2)N1c1ccccc1. The summed E-state index contributed by atoms with van der Waals surface area (Å²) in [6.07, 6.45) is 0. The number of nitrogens with zero attached hydrogens (tertiary/aromatic N) is 2. The molecule has 0 unspecified atom stereocenters. The first kappa shape index (κ1) is 18.3. The molecule has 148 valence electrons. The zero-order chi connectivity index (χ0) is 20.5. The van der Waals surface area contributed by atoms with Crippen LogP contribution in [-0.4, -0.2) is 24.7 Å². The monoisotopic (exact) mass is 397 g/mol. The van der Waals surface area contributed by atoms with E-state index in [1.54, 1.807) is 17.0 Å². The molecule has 1 N–H and O–H groups in total. The summed E-state index contributed by atoms with van der Waals surface area (Å²) in [6, 6.07) is 25.4. The summed E-state index contributed by atoms with van der Waals surface area (Å²) in [5.41, 5.74) is 4.79. The van der Waals surface area contributed by atoms with Crippen molar-refractivity contribution in [3.05, 3.63) is 113 Å². The van der Waals surface area contributed by atoms with E-state index in [9.17, 15) is 9.18 Å². The minimum absolute atomic E-state index is 0.101. The Morgan fingerprint density at radius 2 is 1.57 bits per heavy atom. The Balaban J connectivity index is 1.73. The summed E-state index contributed by atoms with van der Waals surface area (Å²) in [5.74, 6) is -0.407. The highest BCUT2D eigenvalue weighted by molar-refractivity contribution is 6.23. The highest BCUT2D eigenvalue weighted by Gasteiger charge is 2.43. The molecular formula is C25H20FN3O. The summed E-state index contributed by atoms with van der Waals surface area (Å²) in [4.78, 5) is 20.2. The van der Waals surface area contributed by atoms with Gasteiger partial charge in [-0.1, -0.05) is 60.7 Å². The molecule has 0 radical (unpaired) electrons. The number of aliphatic imine (C=N–C) groups is 1. The van der Waals surface area contributed by atoms with E-state index in [1.165, 1.54) is 12.1 Å². The van der Waals surface area contributed by atoms with Crippen LogP contribution in [0.4, 0.5) is 10.1 Å². The predicted octanol–water partition coefficient (Wildman–Crippen LogP) is 4.26. The second-order valence-electron chi connectivity index (χ2n) is 7.28. The van der Waals surface area contributed by atoms with Crippen LogP contribution in [0.1, 0.15) is 17.2 Å². The molecule has 0 aliphatic carbocycles. The normalized spacial score (nSPS) is 18.6. The molecule has 0 saturated heterocycles. The molecule has 5 heteroatoms. The minimum atomic E-state index is -0.403. The maximum atomic E-state index is 13.7. The summed E-state index contributed by atoms with van der Waals surface area (Å²) in [7, 11) is 0. The van der Waals surface area contributed by atoms with Crippen molar-refractivity contribution in [2.45, 2.75) is 6.04 Å². The van der Waals surface area contributed by atoms with Gasteiger partial charge in [-0.15, -0.1) is 0 Å². The number of carbonyl (C=O) groups is 1. The van der Waals surface area contributed by atoms with Crippen molar-refractivity contribution in [1.82, 2.24) is 5.32 Å². The van der Waals surface area contributed by atoms with Crippen molar-refractivity contribution in [2.75, 3.05) is 18.0 Å². The molecule has 1 atom stereocenters. The van der Waals surface area contributed by atoms with Crippen LogP contribution in [-0.2, 0) is 4.79 Å². The Morgan fingerprint density at radius 3 is 2.27 bits per heavy atom. The highest BCUT2D eigenvalue weighted by atomic mass is 19.1. The van der Waals surface area contributed by atoms with Crippen LogP contribution in [0.25, 0.3) is 0 Å². The van der Waals surface area contributed by atoms with Gasteiger partial charge in [0, 0.05) is 23.4 Å². The molecule has 0 bridgehead atoms. The molecule has 1 amide bonds. The number of hydrogen-bond acceptors (Lipinski definition) is 3. The molecule has 3 aromatic carbocycles. The predicted molar refractivity (Wildman–Crippen MR) is 116 cm³/mol. The average molecular weight is 397 g/mol. The topological polar surface area (TPSA) is 44.7 Å². The van der Waals surface area contributed by atoms with Crippen LogP contribution in [0, 0.1) is 5.82 Å². The molecule has 2 heterocycles. The summed E-state index contributed by atoms with van der Waals surface area (Å²) in [5, 5.41) is 3.30. The Morgan fingerprint density at radius 1 is 0.900 bits per heavy atom. The molecule has 0 saturated carbocycles. The number of anilines is 1. The van der Waals surface area contributed by atoms with E-state index in [-0.39, 0.29) is 11.7 Å². The third-order valence-electron chi connectivity index (χ3n) is 5.44. The van der Waals surface area contributed by atoms with Gasteiger partial charge in [0.05, 0.1) is 18.3 Å². The number of para-hydroxylation sites is 1. The van der Waals surface area contributed by atoms with E-state index in [0.29, 0.717) is 18.8 Å². The van der Waals surface area contributed by atoms with Gasteiger partial charge in [-0.05, 0) is 29.8 Å². The van der Waals surface area contributed by atoms with E-state index in [4.69, 9.17) is 4.99 Å². The largest absolute Gasteiger partial charge is 0.378 e. The maximum Gasteiger partial charge on any atom is 0.275 e. The van der Waals surface area contributed by atoms with Crippen LogP contribution < -0.4 is 10.2 Å². The third-order valence-corrected chi connectivity index (χ3v) is 5.44. The Bertz CT molecular complexity index is 1140. The first-order chi connectivity index (χ1) is 14.7. The van der Waals surface area contributed by atoms with E-state index in [2.05, 4.69) is 5.32 Å². The Hall–Kier alpha value is -3.73. The number of halogens is 1. The quantitative estimate of drug-likeness (QED) is 0.718. The lowest BCUT2D eigenvalue weighted by molar-refractivity contribution is -0.115. The number of nitrogens with one attached hydrogen (secondary N) is 1. The van der Waals surface area contributed by atoms with Gasteiger partial charge < -0.3 is 5.32 Å². The van der Waals surface area contributed by atoms with E-state index >= 15 is 0 Å². The Labute approximate surface area is 174 Å². The van der Waals surface area contributed by atoms with Gasteiger partial charge in [0.1, 0.15) is 11.5 Å². The van der Waals surface area contributed by atoms with Gasteiger partial charge in [-0.3, -0.25) is 14.7 Å². The number of benzene rings is 3. The zero-order valence-corrected chi connectivity index (χ0v) is 16.3. The number of rotatable bonds is 3. The second kappa shape index (κ2) is 7.59. The molecule has 2 aliphatic rings. The van der Waals surface area contributed by atoms with Gasteiger partial charge in [0.25, 0.3) is 5.91 Å². The number of carbonyl (C=O) groups excluding carboxylic acids is 1.